The zero-order chi connectivity index (χ0) is 28.7. The third-order valence-electron chi connectivity index (χ3n) is 7.24. The van der Waals surface area contributed by atoms with Crippen LogP contribution in [0.3, 0.4) is 0 Å². The summed E-state index contributed by atoms with van der Waals surface area (Å²) in [6, 6.07) is 21.8. The van der Waals surface area contributed by atoms with E-state index in [0.717, 1.165) is 16.6 Å². The van der Waals surface area contributed by atoms with Crippen LogP contribution in [-0.4, -0.2) is 29.9 Å². The molecule has 41 heavy (non-hydrogen) atoms. The number of hydrogen-bond acceptors (Lipinski definition) is 5. The van der Waals surface area contributed by atoms with Crippen LogP contribution in [0.2, 0.25) is 0 Å². The molecule has 0 aliphatic heterocycles. The molecular weight excluding hydrogens is 514 g/mol. The lowest BCUT2D eigenvalue weighted by Crippen LogP contribution is -2.32. The number of aromatic nitrogens is 5. The van der Waals surface area contributed by atoms with Crippen LogP contribution < -0.4 is 16.6 Å². The van der Waals surface area contributed by atoms with E-state index in [1.165, 1.54) is 0 Å². The van der Waals surface area contributed by atoms with E-state index < -0.39 is 6.04 Å². The van der Waals surface area contributed by atoms with Gasteiger partial charge in [-0.2, -0.15) is 5.10 Å². The Hall–Kier alpha value is -5.62. The Bertz CT molecular complexity index is 2070. The number of rotatable bonds is 4. The lowest BCUT2D eigenvalue weighted by atomic mass is 10.0. The molecule has 6 rings (SSSR count). The summed E-state index contributed by atoms with van der Waals surface area (Å²) in [5, 5.41) is 12.8. The molecular formula is C32H27N7O2. The van der Waals surface area contributed by atoms with E-state index in [0.29, 0.717) is 27.8 Å². The van der Waals surface area contributed by atoms with E-state index in [-0.39, 0.29) is 22.8 Å². The number of pyridine rings is 2. The minimum Gasteiger partial charge on any atom is -0.382 e. The average molecular weight is 542 g/mol. The van der Waals surface area contributed by atoms with Crippen molar-refractivity contribution in [1.29, 1.82) is 0 Å². The number of aryl methyl sites for hydroxylation is 1. The molecule has 9 heteroatoms. The average Bonchev–Trinajstić information content (AvgIpc) is 3.49. The topological polar surface area (TPSA) is 112 Å². The highest BCUT2D eigenvalue weighted by atomic mass is 16.2. The van der Waals surface area contributed by atoms with Crippen LogP contribution in [0.15, 0.2) is 90.0 Å². The number of carbonyl (C=O) groups is 1. The Morgan fingerprint density at radius 3 is 2.51 bits per heavy atom. The van der Waals surface area contributed by atoms with Gasteiger partial charge in [-0.1, -0.05) is 48.2 Å². The van der Waals surface area contributed by atoms with Crippen molar-refractivity contribution >= 4 is 28.0 Å². The van der Waals surface area contributed by atoms with E-state index in [9.17, 15) is 9.59 Å². The van der Waals surface area contributed by atoms with Crippen LogP contribution >= 0.6 is 0 Å². The molecule has 0 saturated heterocycles. The first-order valence-corrected chi connectivity index (χ1v) is 13.1. The van der Waals surface area contributed by atoms with Gasteiger partial charge in [-0.3, -0.25) is 18.8 Å². The minimum atomic E-state index is -0.550. The summed E-state index contributed by atoms with van der Waals surface area (Å²) in [6.07, 6.45) is 3.45. The molecule has 0 bridgehead atoms. The van der Waals surface area contributed by atoms with Gasteiger partial charge in [0.25, 0.3) is 11.5 Å². The molecule has 202 valence electrons. The SMILES string of the molecule is Cc1c(C#Cc2cccc3cc([C@H](C)NC(=O)c4c(N)nn5ccccc45)n(-c4ccccc4)c(=O)c23)cnn1C. The second-order valence-corrected chi connectivity index (χ2v) is 9.82. The van der Waals surface area contributed by atoms with Gasteiger partial charge in [-0.25, -0.2) is 4.52 Å². The number of benzene rings is 2. The van der Waals surface area contributed by atoms with Gasteiger partial charge >= 0.3 is 0 Å². The number of fused-ring (bicyclic) bond motifs is 2. The van der Waals surface area contributed by atoms with Crippen LogP contribution in [0.25, 0.3) is 22.0 Å². The standard InChI is InChI=1S/C32H27N7O2/c1-20(35-31(40)29-26-14-7-8-17-38(26)36-30(29)33)27-18-23-11-9-10-22(15-16-24-19-34-37(3)21(24)2)28(23)32(41)39(27)25-12-5-4-6-13-25/h4-14,17-20H,1-3H3,(H2,33,36)(H,35,40)/t20-/m0/s1. The molecule has 6 aromatic rings. The maximum Gasteiger partial charge on any atom is 0.264 e. The molecule has 9 nitrogen and oxygen atoms in total. The Labute approximate surface area is 235 Å². The quantitative estimate of drug-likeness (QED) is 0.326. The number of nitrogens with zero attached hydrogens (tertiary/aromatic N) is 5. The molecule has 0 radical (unpaired) electrons. The van der Waals surface area contributed by atoms with Crippen LogP contribution in [0.5, 0.6) is 0 Å². The van der Waals surface area contributed by atoms with Crippen molar-refractivity contribution < 1.29 is 4.79 Å². The molecule has 4 aromatic heterocycles. The molecule has 0 saturated carbocycles. The maximum absolute atomic E-state index is 14.2. The fourth-order valence-corrected chi connectivity index (χ4v) is 5.00. The van der Waals surface area contributed by atoms with Gasteiger partial charge in [0.05, 0.1) is 34.4 Å². The normalized spacial score (nSPS) is 11.8. The molecule has 0 fully saturated rings. The van der Waals surface area contributed by atoms with Crippen molar-refractivity contribution in [2.24, 2.45) is 7.05 Å². The zero-order valence-electron chi connectivity index (χ0n) is 22.8. The summed E-state index contributed by atoms with van der Waals surface area (Å²) in [6.45, 7) is 3.79. The van der Waals surface area contributed by atoms with Gasteiger partial charge in [-0.05, 0) is 55.6 Å². The van der Waals surface area contributed by atoms with Crippen LogP contribution in [0.1, 0.15) is 45.8 Å². The monoisotopic (exact) mass is 541 g/mol. The summed E-state index contributed by atoms with van der Waals surface area (Å²) < 4.78 is 4.96. The third-order valence-corrected chi connectivity index (χ3v) is 7.24. The second kappa shape index (κ2) is 10.2. The minimum absolute atomic E-state index is 0.131. The first-order valence-electron chi connectivity index (χ1n) is 13.1. The number of amides is 1. The first-order chi connectivity index (χ1) is 19.8. The zero-order valence-corrected chi connectivity index (χ0v) is 22.8. The number of nitrogens with one attached hydrogen (secondary N) is 1. The van der Waals surface area contributed by atoms with Gasteiger partial charge in [0, 0.05) is 30.2 Å². The van der Waals surface area contributed by atoms with Crippen molar-refractivity contribution in [3.63, 3.8) is 0 Å². The van der Waals surface area contributed by atoms with Gasteiger partial charge in [-0.15, -0.1) is 5.10 Å². The molecule has 0 aliphatic rings. The van der Waals surface area contributed by atoms with Gasteiger partial charge < -0.3 is 11.1 Å². The van der Waals surface area contributed by atoms with E-state index in [2.05, 4.69) is 27.4 Å². The highest BCUT2D eigenvalue weighted by molar-refractivity contribution is 6.05. The molecule has 1 atom stereocenters. The number of nitrogens with two attached hydrogens (primary N) is 1. The molecule has 4 heterocycles. The second-order valence-electron chi connectivity index (χ2n) is 9.82. The van der Waals surface area contributed by atoms with Crippen LogP contribution in [0.4, 0.5) is 5.82 Å². The van der Waals surface area contributed by atoms with E-state index in [1.807, 2.05) is 87.6 Å². The Balaban J connectivity index is 1.48. The predicted molar refractivity (Wildman–Crippen MR) is 159 cm³/mol. The largest absolute Gasteiger partial charge is 0.382 e. The number of para-hydroxylation sites is 1. The molecule has 0 aliphatic carbocycles. The summed E-state index contributed by atoms with van der Waals surface area (Å²) in [5.41, 5.74) is 10.4. The molecule has 2 aromatic carbocycles. The van der Waals surface area contributed by atoms with Crippen molar-refractivity contribution in [1.82, 2.24) is 29.3 Å². The smallest absolute Gasteiger partial charge is 0.264 e. The lowest BCUT2D eigenvalue weighted by molar-refractivity contribution is 0.0941. The fraction of sp³-hybridized carbons (Fsp3) is 0.125. The van der Waals surface area contributed by atoms with E-state index in [4.69, 9.17) is 5.73 Å². The van der Waals surface area contributed by atoms with Gasteiger partial charge in [0.15, 0.2) is 5.82 Å². The van der Waals surface area contributed by atoms with Gasteiger partial charge in [0.2, 0.25) is 0 Å². The van der Waals surface area contributed by atoms with E-state index in [1.54, 1.807) is 32.2 Å². The predicted octanol–water partition coefficient (Wildman–Crippen LogP) is 4.15. The van der Waals surface area contributed by atoms with Crippen LogP contribution in [0, 0.1) is 18.8 Å². The van der Waals surface area contributed by atoms with Gasteiger partial charge in [0.1, 0.15) is 5.56 Å². The Morgan fingerprint density at radius 1 is 1.00 bits per heavy atom. The third kappa shape index (κ3) is 4.51. The lowest BCUT2D eigenvalue weighted by Gasteiger charge is -2.21. The molecule has 3 N–H and O–H groups in total. The van der Waals surface area contributed by atoms with E-state index >= 15 is 0 Å². The maximum atomic E-state index is 14.2. The number of hydrogen-bond donors (Lipinski definition) is 2. The number of anilines is 1. The Morgan fingerprint density at radius 2 is 1.76 bits per heavy atom. The van der Waals surface area contributed by atoms with Crippen molar-refractivity contribution in [2.75, 3.05) is 5.73 Å². The summed E-state index contributed by atoms with van der Waals surface area (Å²) in [4.78, 5) is 27.7. The summed E-state index contributed by atoms with van der Waals surface area (Å²) >= 11 is 0. The molecule has 1 amide bonds. The Kier molecular flexibility index (Phi) is 6.36. The van der Waals surface area contributed by atoms with Crippen molar-refractivity contribution in [3.8, 4) is 17.5 Å². The summed E-state index contributed by atoms with van der Waals surface area (Å²) in [5.74, 6) is 6.11. The van der Waals surface area contributed by atoms with Crippen molar-refractivity contribution in [2.45, 2.75) is 19.9 Å². The molecule has 0 spiro atoms. The first kappa shape index (κ1) is 25.6. The fourth-order valence-electron chi connectivity index (χ4n) is 5.00. The molecule has 0 unspecified atom stereocenters. The van der Waals surface area contributed by atoms with Crippen molar-refractivity contribution in [3.05, 3.63) is 124 Å². The highest BCUT2D eigenvalue weighted by Crippen LogP contribution is 2.25. The highest BCUT2D eigenvalue weighted by Gasteiger charge is 2.23. The number of nitrogen functional groups attached to an aromatic ring is 1. The number of carbonyl (C=O) groups excluding carboxylic acids is 1. The summed E-state index contributed by atoms with van der Waals surface area (Å²) in [7, 11) is 1.86. The van der Waals surface area contributed by atoms with Crippen LogP contribution in [-0.2, 0) is 7.05 Å².